The summed E-state index contributed by atoms with van der Waals surface area (Å²) in [4.78, 5) is 0. The molecular weight excluding hydrogens is 242 g/mol. The summed E-state index contributed by atoms with van der Waals surface area (Å²) < 4.78 is 10.8. The van der Waals surface area contributed by atoms with E-state index in [1.807, 2.05) is 0 Å². The van der Waals surface area contributed by atoms with Gasteiger partial charge in [-0.15, -0.1) is 0 Å². The van der Waals surface area contributed by atoms with Gasteiger partial charge in [-0.2, -0.15) is 0 Å². The lowest BCUT2D eigenvalue weighted by Crippen LogP contribution is -2.37. The fourth-order valence-electron chi connectivity index (χ4n) is 3.13. The molecule has 0 amide bonds. The molecule has 0 radical (unpaired) electrons. The van der Waals surface area contributed by atoms with Gasteiger partial charge in [-0.3, -0.25) is 0 Å². The van der Waals surface area contributed by atoms with Gasteiger partial charge in [0.25, 0.3) is 0 Å². The van der Waals surface area contributed by atoms with Crippen LogP contribution in [0.2, 0.25) is 0 Å². The van der Waals surface area contributed by atoms with Gasteiger partial charge in [-0.25, -0.2) is 0 Å². The van der Waals surface area contributed by atoms with Gasteiger partial charge in [-0.05, 0) is 30.6 Å². The van der Waals surface area contributed by atoms with E-state index in [-0.39, 0.29) is 0 Å². The van der Waals surface area contributed by atoms with Crippen molar-refractivity contribution < 1.29 is 14.6 Å². The molecule has 0 heterocycles. The van der Waals surface area contributed by atoms with Crippen molar-refractivity contribution in [1.29, 1.82) is 0 Å². The van der Waals surface area contributed by atoms with Gasteiger partial charge in [-0.1, -0.05) is 20.8 Å². The van der Waals surface area contributed by atoms with Crippen molar-refractivity contribution >= 4 is 0 Å². The Morgan fingerprint density at radius 3 is 2.74 bits per heavy atom. The fourth-order valence-corrected chi connectivity index (χ4v) is 3.13. The second-order valence-corrected chi connectivity index (χ2v) is 6.72. The van der Waals surface area contributed by atoms with E-state index in [1.54, 1.807) is 7.11 Å². The first kappa shape index (κ1) is 16.9. The second kappa shape index (κ2) is 8.20. The first-order valence-electron chi connectivity index (χ1n) is 7.42. The zero-order chi connectivity index (χ0) is 14.3. The van der Waals surface area contributed by atoms with Crippen LogP contribution >= 0.6 is 0 Å². The minimum Gasteiger partial charge on any atom is -0.389 e. The van der Waals surface area contributed by atoms with Crippen LogP contribution in [-0.4, -0.2) is 50.7 Å². The van der Waals surface area contributed by atoms with Crippen LogP contribution in [0.5, 0.6) is 0 Å². The summed E-state index contributed by atoms with van der Waals surface area (Å²) in [5.74, 6) is 0.714. The molecule has 1 aliphatic carbocycles. The first-order chi connectivity index (χ1) is 8.93. The SMILES string of the molecule is COCCNCC(O)COC1CC(C)CC(C)(C)C1. The summed E-state index contributed by atoms with van der Waals surface area (Å²) in [5, 5.41) is 13.0. The second-order valence-electron chi connectivity index (χ2n) is 6.72. The van der Waals surface area contributed by atoms with Crippen molar-refractivity contribution in [3.8, 4) is 0 Å². The molecule has 3 unspecified atom stereocenters. The van der Waals surface area contributed by atoms with Crippen LogP contribution < -0.4 is 5.32 Å². The Balaban J connectivity index is 2.17. The Kier molecular flexibility index (Phi) is 7.29. The third-order valence-electron chi connectivity index (χ3n) is 3.73. The molecule has 1 saturated carbocycles. The van der Waals surface area contributed by atoms with Crippen LogP contribution in [0.3, 0.4) is 0 Å². The molecule has 0 aromatic heterocycles. The van der Waals surface area contributed by atoms with Crippen molar-refractivity contribution in [2.24, 2.45) is 11.3 Å². The van der Waals surface area contributed by atoms with Crippen molar-refractivity contribution in [2.75, 3.05) is 33.4 Å². The average molecular weight is 273 g/mol. The third-order valence-corrected chi connectivity index (χ3v) is 3.73. The van der Waals surface area contributed by atoms with Crippen molar-refractivity contribution in [2.45, 2.75) is 52.2 Å². The number of rotatable bonds is 8. The normalized spacial score (nSPS) is 28.3. The van der Waals surface area contributed by atoms with Gasteiger partial charge in [0.15, 0.2) is 0 Å². The van der Waals surface area contributed by atoms with Crippen molar-refractivity contribution in [3.05, 3.63) is 0 Å². The van der Waals surface area contributed by atoms with Crippen molar-refractivity contribution in [3.63, 3.8) is 0 Å². The topological polar surface area (TPSA) is 50.7 Å². The monoisotopic (exact) mass is 273 g/mol. The lowest BCUT2D eigenvalue weighted by molar-refractivity contribution is -0.0551. The minimum atomic E-state index is -0.433. The molecule has 114 valence electrons. The maximum atomic E-state index is 9.85. The van der Waals surface area contributed by atoms with E-state index in [2.05, 4.69) is 26.1 Å². The maximum absolute atomic E-state index is 9.85. The molecule has 0 aromatic carbocycles. The summed E-state index contributed by atoms with van der Waals surface area (Å²) in [6, 6.07) is 0. The number of hydrogen-bond acceptors (Lipinski definition) is 4. The van der Waals surface area contributed by atoms with E-state index < -0.39 is 6.10 Å². The quantitative estimate of drug-likeness (QED) is 0.662. The van der Waals surface area contributed by atoms with Gasteiger partial charge in [0.2, 0.25) is 0 Å². The van der Waals surface area contributed by atoms with Crippen LogP contribution in [-0.2, 0) is 9.47 Å². The van der Waals surface area contributed by atoms with Gasteiger partial charge < -0.3 is 19.9 Å². The Bertz CT molecular complexity index is 246. The molecule has 4 heteroatoms. The summed E-state index contributed by atoms with van der Waals surface area (Å²) in [6.45, 7) is 9.33. The summed E-state index contributed by atoms with van der Waals surface area (Å²) in [7, 11) is 1.67. The Hall–Kier alpha value is -0.160. The number of nitrogens with one attached hydrogen (secondary N) is 1. The van der Waals surface area contributed by atoms with Gasteiger partial charge in [0, 0.05) is 20.2 Å². The van der Waals surface area contributed by atoms with Gasteiger partial charge in [0.05, 0.1) is 25.4 Å². The lowest BCUT2D eigenvalue weighted by Gasteiger charge is -2.39. The summed E-state index contributed by atoms with van der Waals surface area (Å²) in [6.07, 6.45) is 3.35. The van der Waals surface area contributed by atoms with E-state index in [0.29, 0.717) is 37.2 Å². The first-order valence-corrected chi connectivity index (χ1v) is 7.42. The number of aliphatic hydroxyl groups is 1. The van der Waals surface area contributed by atoms with Crippen molar-refractivity contribution in [1.82, 2.24) is 5.32 Å². The fraction of sp³-hybridized carbons (Fsp3) is 1.00. The molecule has 4 nitrogen and oxygen atoms in total. The molecule has 3 atom stereocenters. The van der Waals surface area contributed by atoms with E-state index in [0.717, 1.165) is 19.4 Å². The van der Waals surface area contributed by atoms with Gasteiger partial charge >= 0.3 is 0 Å². The minimum absolute atomic E-state index is 0.298. The Labute approximate surface area is 117 Å². The van der Waals surface area contributed by atoms with Gasteiger partial charge in [0.1, 0.15) is 0 Å². The number of ether oxygens (including phenoxy) is 2. The third kappa shape index (κ3) is 7.25. The molecular formula is C15H31NO3. The number of hydrogen-bond donors (Lipinski definition) is 2. The molecule has 1 rings (SSSR count). The molecule has 2 N–H and O–H groups in total. The Morgan fingerprint density at radius 2 is 2.11 bits per heavy atom. The molecule has 0 aromatic rings. The predicted molar refractivity (Wildman–Crippen MR) is 77.3 cm³/mol. The van der Waals surface area contributed by atoms with Crippen LogP contribution in [0.25, 0.3) is 0 Å². The predicted octanol–water partition coefficient (Wildman–Crippen LogP) is 1.81. The van der Waals surface area contributed by atoms with E-state index in [4.69, 9.17) is 9.47 Å². The lowest BCUT2D eigenvalue weighted by atomic mass is 9.71. The molecule has 19 heavy (non-hydrogen) atoms. The summed E-state index contributed by atoms with van der Waals surface area (Å²) in [5.41, 5.74) is 0.365. The zero-order valence-corrected chi connectivity index (χ0v) is 12.9. The van der Waals surface area contributed by atoms with Crippen LogP contribution in [0.15, 0.2) is 0 Å². The van der Waals surface area contributed by atoms with Crippen LogP contribution in [0, 0.1) is 11.3 Å². The van der Waals surface area contributed by atoms with Crippen LogP contribution in [0.1, 0.15) is 40.0 Å². The van der Waals surface area contributed by atoms with Crippen LogP contribution in [0.4, 0.5) is 0 Å². The molecule has 0 aliphatic heterocycles. The highest BCUT2D eigenvalue weighted by molar-refractivity contribution is 4.83. The standard InChI is InChI=1S/C15H31NO3/c1-12-7-14(9-15(2,3)8-12)19-11-13(17)10-16-5-6-18-4/h12-14,16-17H,5-11H2,1-4H3. The number of aliphatic hydroxyl groups excluding tert-OH is 1. The molecule has 0 spiro atoms. The average Bonchev–Trinajstić information content (AvgIpc) is 2.29. The largest absolute Gasteiger partial charge is 0.389 e. The smallest absolute Gasteiger partial charge is 0.0897 e. The molecule has 0 saturated heterocycles. The highest BCUT2D eigenvalue weighted by Gasteiger charge is 2.32. The van der Waals surface area contributed by atoms with E-state index >= 15 is 0 Å². The molecule has 1 fully saturated rings. The highest BCUT2D eigenvalue weighted by atomic mass is 16.5. The summed E-state index contributed by atoms with van der Waals surface area (Å²) >= 11 is 0. The maximum Gasteiger partial charge on any atom is 0.0897 e. The Morgan fingerprint density at radius 1 is 1.37 bits per heavy atom. The van der Waals surface area contributed by atoms with E-state index in [9.17, 15) is 5.11 Å². The zero-order valence-electron chi connectivity index (χ0n) is 12.9. The number of methoxy groups -OCH3 is 1. The molecule has 1 aliphatic rings. The highest BCUT2D eigenvalue weighted by Crippen LogP contribution is 2.39. The van der Waals surface area contributed by atoms with E-state index in [1.165, 1.54) is 6.42 Å². The molecule has 0 bridgehead atoms.